The van der Waals surface area contributed by atoms with Crippen molar-refractivity contribution >= 4 is 6.21 Å². The zero-order valence-electron chi connectivity index (χ0n) is 18.1. The van der Waals surface area contributed by atoms with Crippen LogP contribution in [0, 0.1) is 0 Å². The van der Waals surface area contributed by atoms with Crippen LogP contribution in [0.5, 0.6) is 0 Å². The number of hydrogen-bond donors (Lipinski definition) is 0. The SMILES string of the molecule is CN=CCCN(C)C1CCN(C(C)CC2CN(C(C)(C)C)CCO2)CC1. The summed E-state index contributed by atoms with van der Waals surface area (Å²) in [4.78, 5) is 11.9. The summed E-state index contributed by atoms with van der Waals surface area (Å²) in [5.74, 6) is 0. The van der Waals surface area contributed by atoms with E-state index < -0.39 is 0 Å². The lowest BCUT2D eigenvalue weighted by molar-refractivity contribution is -0.0699. The third kappa shape index (κ3) is 6.59. The number of aliphatic imine (C=N–C) groups is 1. The molecule has 2 atom stereocenters. The van der Waals surface area contributed by atoms with E-state index in [1.54, 1.807) is 0 Å². The molecule has 5 heteroatoms. The average molecular weight is 367 g/mol. The molecule has 0 aliphatic carbocycles. The van der Waals surface area contributed by atoms with Gasteiger partial charge in [0, 0.05) is 44.3 Å². The van der Waals surface area contributed by atoms with Gasteiger partial charge in [-0.15, -0.1) is 0 Å². The zero-order chi connectivity index (χ0) is 19.2. The molecule has 0 aromatic rings. The number of morpholine rings is 1. The Morgan fingerprint density at radius 2 is 1.92 bits per heavy atom. The molecule has 2 saturated heterocycles. The number of rotatable bonds is 7. The first-order valence-corrected chi connectivity index (χ1v) is 10.5. The molecule has 0 N–H and O–H groups in total. The van der Waals surface area contributed by atoms with Crippen LogP contribution in [0.3, 0.4) is 0 Å². The molecule has 2 heterocycles. The van der Waals surface area contributed by atoms with Gasteiger partial charge in [0.05, 0.1) is 12.7 Å². The molecule has 0 radical (unpaired) electrons. The first kappa shape index (κ1) is 21.8. The molecule has 0 amide bonds. The number of piperidine rings is 1. The van der Waals surface area contributed by atoms with Crippen LogP contribution in [0.25, 0.3) is 0 Å². The van der Waals surface area contributed by atoms with E-state index in [4.69, 9.17) is 4.74 Å². The van der Waals surface area contributed by atoms with E-state index in [1.165, 1.54) is 25.9 Å². The van der Waals surface area contributed by atoms with Crippen LogP contribution in [0.4, 0.5) is 0 Å². The smallest absolute Gasteiger partial charge is 0.0717 e. The Morgan fingerprint density at radius 3 is 2.54 bits per heavy atom. The molecule has 2 aliphatic rings. The molecule has 152 valence electrons. The van der Waals surface area contributed by atoms with Crippen molar-refractivity contribution in [1.82, 2.24) is 14.7 Å². The summed E-state index contributed by atoms with van der Waals surface area (Å²) in [5.41, 5.74) is 0.247. The molecular weight excluding hydrogens is 324 g/mol. The highest BCUT2D eigenvalue weighted by atomic mass is 16.5. The second kappa shape index (κ2) is 10.2. The van der Waals surface area contributed by atoms with E-state index in [9.17, 15) is 0 Å². The minimum atomic E-state index is 0.247. The molecule has 0 aromatic heterocycles. The summed E-state index contributed by atoms with van der Waals surface area (Å²) < 4.78 is 6.09. The quantitative estimate of drug-likeness (QED) is 0.649. The van der Waals surface area contributed by atoms with Gasteiger partial charge in [-0.1, -0.05) is 0 Å². The topological polar surface area (TPSA) is 31.3 Å². The van der Waals surface area contributed by atoms with Gasteiger partial charge in [-0.2, -0.15) is 0 Å². The van der Waals surface area contributed by atoms with Crippen molar-refractivity contribution in [3.8, 4) is 0 Å². The molecule has 2 aliphatic heterocycles. The Balaban J connectivity index is 1.73. The fourth-order valence-corrected chi connectivity index (χ4v) is 4.34. The normalized spacial score (nSPS) is 26.0. The van der Waals surface area contributed by atoms with Crippen LogP contribution in [-0.2, 0) is 4.74 Å². The number of likely N-dealkylation sites (tertiary alicyclic amines) is 1. The fraction of sp³-hybridized carbons (Fsp3) is 0.952. The Kier molecular flexibility index (Phi) is 8.52. The Hall–Kier alpha value is -0.490. The molecule has 26 heavy (non-hydrogen) atoms. The van der Waals surface area contributed by atoms with Crippen molar-refractivity contribution in [2.75, 3.05) is 53.4 Å². The van der Waals surface area contributed by atoms with Gasteiger partial charge in [0.25, 0.3) is 0 Å². The van der Waals surface area contributed by atoms with E-state index in [1.807, 2.05) is 13.3 Å². The summed E-state index contributed by atoms with van der Waals surface area (Å²) >= 11 is 0. The van der Waals surface area contributed by atoms with Crippen molar-refractivity contribution in [3.05, 3.63) is 0 Å². The van der Waals surface area contributed by atoms with Gasteiger partial charge in [-0.05, 0) is 79.7 Å². The van der Waals surface area contributed by atoms with Gasteiger partial charge >= 0.3 is 0 Å². The van der Waals surface area contributed by atoms with Crippen molar-refractivity contribution in [2.24, 2.45) is 4.99 Å². The maximum Gasteiger partial charge on any atom is 0.0717 e. The third-order valence-electron chi connectivity index (χ3n) is 6.23. The molecular formula is C21H42N4O. The minimum Gasteiger partial charge on any atom is -0.375 e. The van der Waals surface area contributed by atoms with Crippen LogP contribution < -0.4 is 0 Å². The summed E-state index contributed by atoms with van der Waals surface area (Å²) in [5, 5.41) is 0. The minimum absolute atomic E-state index is 0.247. The first-order chi connectivity index (χ1) is 12.3. The Bertz CT molecular complexity index is 426. The van der Waals surface area contributed by atoms with E-state index in [0.717, 1.165) is 45.1 Å². The van der Waals surface area contributed by atoms with Crippen LogP contribution >= 0.6 is 0 Å². The number of nitrogens with zero attached hydrogens (tertiary/aromatic N) is 4. The average Bonchev–Trinajstić information content (AvgIpc) is 2.61. The van der Waals surface area contributed by atoms with Gasteiger partial charge in [0.1, 0.15) is 0 Å². The number of hydrogen-bond acceptors (Lipinski definition) is 5. The van der Waals surface area contributed by atoms with Crippen molar-refractivity contribution in [3.63, 3.8) is 0 Å². The highest BCUT2D eigenvalue weighted by Gasteiger charge is 2.31. The number of ether oxygens (including phenoxy) is 1. The summed E-state index contributed by atoms with van der Waals surface area (Å²) in [6.45, 7) is 15.9. The van der Waals surface area contributed by atoms with Gasteiger partial charge < -0.3 is 19.5 Å². The largest absolute Gasteiger partial charge is 0.375 e. The molecule has 2 fully saturated rings. The van der Waals surface area contributed by atoms with Gasteiger partial charge in [-0.3, -0.25) is 4.90 Å². The van der Waals surface area contributed by atoms with Crippen LogP contribution in [0.2, 0.25) is 0 Å². The summed E-state index contributed by atoms with van der Waals surface area (Å²) in [6, 6.07) is 1.34. The van der Waals surface area contributed by atoms with Crippen molar-refractivity contribution in [2.45, 2.75) is 77.1 Å². The van der Waals surface area contributed by atoms with E-state index in [-0.39, 0.29) is 5.54 Å². The lowest BCUT2D eigenvalue weighted by atomic mass is 9.98. The second-order valence-corrected chi connectivity index (χ2v) is 9.17. The maximum atomic E-state index is 6.09. The predicted octanol–water partition coefficient (Wildman–Crippen LogP) is 2.75. The van der Waals surface area contributed by atoms with Crippen molar-refractivity contribution in [1.29, 1.82) is 0 Å². The van der Waals surface area contributed by atoms with Gasteiger partial charge in [0.2, 0.25) is 0 Å². The molecule has 0 saturated carbocycles. The van der Waals surface area contributed by atoms with Gasteiger partial charge in [0.15, 0.2) is 0 Å². The van der Waals surface area contributed by atoms with Crippen molar-refractivity contribution < 1.29 is 4.74 Å². The molecule has 5 nitrogen and oxygen atoms in total. The first-order valence-electron chi connectivity index (χ1n) is 10.5. The highest BCUT2D eigenvalue weighted by Crippen LogP contribution is 2.23. The van der Waals surface area contributed by atoms with Gasteiger partial charge in [-0.25, -0.2) is 0 Å². The lowest BCUT2D eigenvalue weighted by Gasteiger charge is -2.44. The molecule has 0 bridgehead atoms. The van der Waals surface area contributed by atoms with Crippen LogP contribution in [-0.4, -0.2) is 98.1 Å². The summed E-state index contributed by atoms with van der Waals surface area (Å²) in [7, 11) is 4.13. The predicted molar refractivity (Wildman–Crippen MR) is 111 cm³/mol. The maximum absolute atomic E-state index is 6.09. The third-order valence-corrected chi connectivity index (χ3v) is 6.23. The molecule has 2 unspecified atom stereocenters. The fourth-order valence-electron chi connectivity index (χ4n) is 4.34. The molecule has 0 aromatic carbocycles. The summed E-state index contributed by atoms with van der Waals surface area (Å²) in [6.07, 6.45) is 7.19. The monoisotopic (exact) mass is 366 g/mol. The second-order valence-electron chi connectivity index (χ2n) is 9.17. The zero-order valence-corrected chi connectivity index (χ0v) is 18.1. The lowest BCUT2D eigenvalue weighted by Crippen LogP contribution is -2.53. The van der Waals surface area contributed by atoms with Crippen LogP contribution in [0.1, 0.15) is 53.4 Å². The Labute approximate surface area is 161 Å². The Morgan fingerprint density at radius 1 is 1.23 bits per heavy atom. The van der Waals surface area contributed by atoms with E-state index in [2.05, 4.69) is 54.4 Å². The van der Waals surface area contributed by atoms with Crippen LogP contribution in [0.15, 0.2) is 4.99 Å². The molecule has 2 rings (SSSR count). The molecule has 0 spiro atoms. The standard InChI is InChI=1S/C21H42N4O/c1-18(16-20-17-25(14-15-26-20)21(2,3)4)24-12-8-19(9-13-24)23(6)11-7-10-22-5/h10,18-20H,7-9,11-17H2,1-6H3. The van der Waals surface area contributed by atoms with E-state index in [0.29, 0.717) is 12.1 Å². The van der Waals surface area contributed by atoms with E-state index >= 15 is 0 Å². The highest BCUT2D eigenvalue weighted by molar-refractivity contribution is 5.56.